The lowest BCUT2D eigenvalue weighted by atomic mass is 10.1. The highest BCUT2D eigenvalue weighted by molar-refractivity contribution is 9.10. The first-order chi connectivity index (χ1) is 18.9. The largest absolute Gasteiger partial charge is 0.493 e. The number of amides is 3. The molecule has 1 heterocycles. The van der Waals surface area contributed by atoms with Gasteiger partial charge in [-0.25, -0.2) is 4.79 Å². The van der Waals surface area contributed by atoms with E-state index in [1.807, 2.05) is 59.7 Å². The van der Waals surface area contributed by atoms with Crippen LogP contribution in [0.15, 0.2) is 58.4 Å². The van der Waals surface area contributed by atoms with E-state index in [1.165, 1.54) is 0 Å². The van der Waals surface area contributed by atoms with Crippen molar-refractivity contribution in [3.05, 3.63) is 74.4 Å². The Morgan fingerprint density at radius 3 is 2.41 bits per heavy atom. The minimum atomic E-state index is -0.335. The van der Waals surface area contributed by atoms with Crippen LogP contribution in [0, 0.1) is 6.92 Å². The average Bonchev–Trinajstić information content (AvgIpc) is 3.35. The SMILES string of the molecule is COCCCN(CC(=O)N(CCc1ccc(OC)c(OC)c1)Cc1sccc1C)C(=O)Nc1ccccc1Br. The maximum absolute atomic E-state index is 13.7. The number of carbonyl (C=O) groups is 2. The lowest BCUT2D eigenvalue weighted by Gasteiger charge is -2.28. The Balaban J connectivity index is 1.77. The fraction of sp³-hybridized carbons (Fsp3) is 0.379. The van der Waals surface area contributed by atoms with E-state index < -0.39 is 0 Å². The molecule has 0 unspecified atom stereocenters. The predicted octanol–water partition coefficient (Wildman–Crippen LogP) is 5.98. The summed E-state index contributed by atoms with van der Waals surface area (Å²) in [6.07, 6.45) is 1.24. The lowest BCUT2D eigenvalue weighted by molar-refractivity contribution is -0.132. The van der Waals surface area contributed by atoms with Crippen LogP contribution in [0.25, 0.3) is 0 Å². The maximum atomic E-state index is 13.7. The third-order valence-electron chi connectivity index (χ3n) is 6.28. The molecule has 0 radical (unpaired) electrons. The number of methoxy groups -OCH3 is 3. The summed E-state index contributed by atoms with van der Waals surface area (Å²) >= 11 is 5.10. The fourth-order valence-corrected chi connectivity index (χ4v) is 5.31. The number of rotatable bonds is 14. The molecule has 10 heteroatoms. The molecular formula is C29H36BrN3O5S. The van der Waals surface area contributed by atoms with E-state index in [4.69, 9.17) is 14.2 Å². The van der Waals surface area contributed by atoms with Crippen molar-refractivity contribution < 1.29 is 23.8 Å². The van der Waals surface area contributed by atoms with Gasteiger partial charge >= 0.3 is 6.03 Å². The van der Waals surface area contributed by atoms with E-state index >= 15 is 0 Å². The minimum absolute atomic E-state index is 0.0453. The molecule has 0 atom stereocenters. The van der Waals surface area contributed by atoms with E-state index in [0.717, 1.165) is 20.5 Å². The highest BCUT2D eigenvalue weighted by Crippen LogP contribution is 2.28. The maximum Gasteiger partial charge on any atom is 0.322 e. The highest BCUT2D eigenvalue weighted by Gasteiger charge is 2.23. The summed E-state index contributed by atoms with van der Waals surface area (Å²) in [7, 11) is 4.83. The number of para-hydroxylation sites is 1. The molecule has 39 heavy (non-hydrogen) atoms. The van der Waals surface area contributed by atoms with Gasteiger partial charge in [0.1, 0.15) is 6.54 Å². The smallest absolute Gasteiger partial charge is 0.322 e. The molecule has 1 N–H and O–H groups in total. The second-order valence-electron chi connectivity index (χ2n) is 8.96. The quantitative estimate of drug-likeness (QED) is 0.225. The van der Waals surface area contributed by atoms with Crippen LogP contribution in [-0.2, 0) is 22.5 Å². The van der Waals surface area contributed by atoms with Crippen molar-refractivity contribution in [2.24, 2.45) is 0 Å². The zero-order chi connectivity index (χ0) is 28.2. The monoisotopic (exact) mass is 617 g/mol. The molecule has 0 aliphatic heterocycles. The number of thiophene rings is 1. The highest BCUT2D eigenvalue weighted by atomic mass is 79.9. The molecule has 0 aliphatic carbocycles. The number of carbonyl (C=O) groups excluding carboxylic acids is 2. The Morgan fingerprint density at radius 2 is 1.74 bits per heavy atom. The second-order valence-corrected chi connectivity index (χ2v) is 10.8. The van der Waals surface area contributed by atoms with Gasteiger partial charge in [0, 0.05) is 36.2 Å². The molecule has 1 aromatic heterocycles. The topological polar surface area (TPSA) is 80.3 Å². The zero-order valence-corrected chi connectivity index (χ0v) is 25.3. The van der Waals surface area contributed by atoms with E-state index in [-0.39, 0.29) is 18.5 Å². The third-order valence-corrected chi connectivity index (χ3v) is 7.98. The van der Waals surface area contributed by atoms with Crippen molar-refractivity contribution in [3.8, 4) is 11.5 Å². The molecular weight excluding hydrogens is 582 g/mol. The molecule has 0 fully saturated rings. The Labute approximate surface area is 243 Å². The van der Waals surface area contributed by atoms with Gasteiger partial charge in [0.2, 0.25) is 5.91 Å². The molecule has 3 aromatic rings. The van der Waals surface area contributed by atoms with E-state index in [1.54, 1.807) is 37.6 Å². The molecule has 0 bridgehead atoms. The van der Waals surface area contributed by atoms with Gasteiger partial charge in [0.15, 0.2) is 11.5 Å². The molecule has 0 saturated heterocycles. The van der Waals surface area contributed by atoms with Crippen molar-refractivity contribution in [2.45, 2.75) is 26.3 Å². The molecule has 8 nitrogen and oxygen atoms in total. The Hall–Kier alpha value is -3.08. The van der Waals surface area contributed by atoms with Gasteiger partial charge in [0.05, 0.1) is 26.5 Å². The Kier molecular flexibility index (Phi) is 12.1. The molecule has 210 valence electrons. The Bertz CT molecular complexity index is 1240. The van der Waals surface area contributed by atoms with Crippen LogP contribution in [-0.4, -0.2) is 69.3 Å². The van der Waals surface area contributed by atoms with Gasteiger partial charge in [-0.1, -0.05) is 18.2 Å². The van der Waals surface area contributed by atoms with E-state index in [9.17, 15) is 9.59 Å². The van der Waals surface area contributed by atoms with Crippen LogP contribution in [0.1, 0.15) is 22.4 Å². The standard InChI is InChI=1S/C29H36BrN3O5S/c1-21-13-17-39-27(21)19-32(15-12-22-10-11-25(37-3)26(18-22)38-4)28(34)20-33(14-7-16-36-2)29(35)31-24-9-6-5-8-23(24)30/h5-6,8-11,13,17-18H,7,12,14-16,19-20H2,1-4H3,(H,31,35). The van der Waals surface area contributed by atoms with Gasteiger partial charge < -0.3 is 29.3 Å². The van der Waals surface area contributed by atoms with Crippen LogP contribution < -0.4 is 14.8 Å². The fourth-order valence-electron chi connectivity index (χ4n) is 4.00. The molecule has 2 aromatic carbocycles. The van der Waals surface area contributed by atoms with Gasteiger partial charge in [-0.3, -0.25) is 4.79 Å². The summed E-state index contributed by atoms with van der Waals surface area (Å²) in [5, 5.41) is 4.95. The lowest BCUT2D eigenvalue weighted by Crippen LogP contribution is -2.45. The van der Waals surface area contributed by atoms with Gasteiger partial charge in [-0.2, -0.15) is 0 Å². The second kappa shape index (κ2) is 15.5. The van der Waals surface area contributed by atoms with Crippen LogP contribution in [0.4, 0.5) is 10.5 Å². The molecule has 0 spiro atoms. The summed E-state index contributed by atoms with van der Waals surface area (Å²) in [4.78, 5) is 31.5. The number of nitrogens with one attached hydrogen (secondary N) is 1. The predicted molar refractivity (Wildman–Crippen MR) is 159 cm³/mol. The van der Waals surface area contributed by atoms with Crippen LogP contribution in [0.3, 0.4) is 0 Å². The number of halogens is 1. The number of aryl methyl sites for hydroxylation is 1. The van der Waals surface area contributed by atoms with E-state index in [2.05, 4.69) is 27.3 Å². The van der Waals surface area contributed by atoms with Crippen LogP contribution >= 0.6 is 27.3 Å². The number of ether oxygens (including phenoxy) is 3. The summed E-state index contributed by atoms with van der Waals surface area (Å²) in [6, 6.07) is 14.9. The zero-order valence-electron chi connectivity index (χ0n) is 22.9. The van der Waals surface area contributed by atoms with Crippen molar-refractivity contribution in [2.75, 3.05) is 52.9 Å². The molecule has 0 aliphatic rings. The van der Waals surface area contributed by atoms with E-state index in [0.29, 0.717) is 56.3 Å². The normalized spacial score (nSPS) is 10.7. The minimum Gasteiger partial charge on any atom is -0.493 e. The summed E-state index contributed by atoms with van der Waals surface area (Å²) < 4.78 is 16.8. The number of urea groups is 1. The van der Waals surface area contributed by atoms with Crippen LogP contribution in [0.2, 0.25) is 0 Å². The third kappa shape index (κ3) is 8.98. The van der Waals surface area contributed by atoms with Crippen molar-refractivity contribution in [1.29, 1.82) is 0 Å². The molecule has 3 amide bonds. The number of benzene rings is 2. The van der Waals surface area contributed by atoms with Gasteiger partial charge in [0.25, 0.3) is 0 Å². The summed E-state index contributed by atoms with van der Waals surface area (Å²) in [5.41, 5.74) is 2.82. The van der Waals surface area contributed by atoms with Crippen molar-refractivity contribution >= 4 is 44.9 Å². The van der Waals surface area contributed by atoms with Gasteiger partial charge in [-0.15, -0.1) is 11.3 Å². The van der Waals surface area contributed by atoms with Crippen LogP contribution in [0.5, 0.6) is 11.5 Å². The first-order valence-corrected chi connectivity index (χ1v) is 14.3. The number of hydrogen-bond donors (Lipinski definition) is 1. The first-order valence-electron chi connectivity index (χ1n) is 12.7. The number of anilines is 1. The first kappa shape index (κ1) is 30.5. The Morgan fingerprint density at radius 1 is 0.974 bits per heavy atom. The van der Waals surface area contributed by atoms with Crippen molar-refractivity contribution in [3.63, 3.8) is 0 Å². The molecule has 0 saturated carbocycles. The molecule has 3 rings (SSSR count). The number of hydrogen-bond acceptors (Lipinski definition) is 6. The summed E-state index contributed by atoms with van der Waals surface area (Å²) in [6.45, 7) is 3.85. The average molecular weight is 619 g/mol. The van der Waals surface area contributed by atoms with Gasteiger partial charge in [-0.05, 0) is 82.5 Å². The number of nitrogens with zero attached hydrogens (tertiary/aromatic N) is 2. The van der Waals surface area contributed by atoms with Crippen molar-refractivity contribution in [1.82, 2.24) is 9.80 Å². The summed E-state index contributed by atoms with van der Waals surface area (Å²) in [5.74, 6) is 1.18.